The predicted octanol–water partition coefficient (Wildman–Crippen LogP) is 1.85. The summed E-state index contributed by atoms with van der Waals surface area (Å²) in [6, 6.07) is 4.92. The number of nitrogens with one attached hydrogen (secondary N) is 2. The first-order valence-corrected chi connectivity index (χ1v) is 6.29. The highest BCUT2D eigenvalue weighted by atomic mass is 16.6. The van der Waals surface area contributed by atoms with Crippen LogP contribution in [0.2, 0.25) is 0 Å². The Morgan fingerprint density at radius 1 is 1.21 bits per heavy atom. The van der Waals surface area contributed by atoms with Gasteiger partial charge in [-0.05, 0) is 25.0 Å². The minimum Gasteiger partial charge on any atom is -0.396 e. The summed E-state index contributed by atoms with van der Waals surface area (Å²) in [6.07, 6.45) is 3.64. The van der Waals surface area contributed by atoms with Gasteiger partial charge in [0.25, 0.3) is 0 Å². The van der Waals surface area contributed by atoms with Gasteiger partial charge in [-0.3, -0.25) is 16.0 Å². The number of hydrazine groups is 1. The number of nitro benzene ring substituents is 1. The molecule has 0 aromatic heterocycles. The van der Waals surface area contributed by atoms with Crippen LogP contribution < -0.4 is 16.6 Å². The summed E-state index contributed by atoms with van der Waals surface area (Å²) in [5.74, 6) is 5.26. The number of aliphatic hydroxyl groups is 1. The Labute approximate surface area is 111 Å². The van der Waals surface area contributed by atoms with Crippen molar-refractivity contribution in [2.75, 3.05) is 23.9 Å². The van der Waals surface area contributed by atoms with Gasteiger partial charge in [0.15, 0.2) is 0 Å². The maximum absolute atomic E-state index is 11.0. The quantitative estimate of drug-likeness (QED) is 0.235. The van der Waals surface area contributed by atoms with Crippen molar-refractivity contribution in [3.8, 4) is 0 Å². The monoisotopic (exact) mass is 268 g/mol. The van der Waals surface area contributed by atoms with Crippen LogP contribution in [0.25, 0.3) is 0 Å². The van der Waals surface area contributed by atoms with Crippen LogP contribution in [0.1, 0.15) is 25.7 Å². The van der Waals surface area contributed by atoms with Crippen molar-refractivity contribution >= 4 is 17.1 Å². The number of aliphatic hydroxyl groups excluding tert-OH is 1. The fourth-order valence-corrected chi connectivity index (χ4v) is 1.81. The molecule has 0 amide bonds. The molecule has 0 aliphatic heterocycles. The van der Waals surface area contributed by atoms with Gasteiger partial charge in [-0.25, -0.2) is 0 Å². The highest BCUT2D eigenvalue weighted by Crippen LogP contribution is 2.32. The van der Waals surface area contributed by atoms with Gasteiger partial charge in [-0.2, -0.15) is 0 Å². The molecule has 0 bridgehead atoms. The van der Waals surface area contributed by atoms with Crippen LogP contribution in [0.5, 0.6) is 0 Å². The lowest BCUT2D eigenvalue weighted by atomic mass is 10.2. The Bertz CT molecular complexity index is 412. The van der Waals surface area contributed by atoms with E-state index in [1.165, 1.54) is 0 Å². The number of unbranched alkanes of at least 4 members (excludes halogenated alkanes) is 3. The smallest absolute Gasteiger partial charge is 0.316 e. The number of hydrogen-bond donors (Lipinski definition) is 4. The number of nitrogen functional groups attached to an aromatic ring is 1. The molecule has 0 saturated carbocycles. The van der Waals surface area contributed by atoms with E-state index in [4.69, 9.17) is 10.9 Å². The van der Waals surface area contributed by atoms with E-state index in [1.54, 1.807) is 18.2 Å². The third-order valence-corrected chi connectivity index (χ3v) is 2.77. The van der Waals surface area contributed by atoms with Crippen LogP contribution in [0.3, 0.4) is 0 Å². The van der Waals surface area contributed by atoms with Gasteiger partial charge in [0.1, 0.15) is 11.4 Å². The molecule has 1 aromatic carbocycles. The minimum absolute atomic E-state index is 0.0413. The number of nitrogens with two attached hydrogens (primary N) is 1. The Kier molecular flexibility index (Phi) is 6.62. The Morgan fingerprint density at radius 3 is 2.53 bits per heavy atom. The Hall–Kier alpha value is -1.86. The van der Waals surface area contributed by atoms with Crippen LogP contribution in [0.15, 0.2) is 18.2 Å². The van der Waals surface area contributed by atoms with Gasteiger partial charge in [-0.15, -0.1) is 0 Å². The van der Waals surface area contributed by atoms with Gasteiger partial charge in [0.2, 0.25) is 0 Å². The van der Waals surface area contributed by atoms with Gasteiger partial charge < -0.3 is 15.8 Å². The SMILES string of the molecule is NNc1cccc(NCCCCCCO)c1[N+](=O)[O-]. The molecule has 1 aromatic rings. The van der Waals surface area contributed by atoms with Crippen molar-refractivity contribution in [1.29, 1.82) is 0 Å². The van der Waals surface area contributed by atoms with E-state index in [9.17, 15) is 10.1 Å². The number of nitrogens with zero attached hydrogens (tertiary/aromatic N) is 1. The van der Waals surface area contributed by atoms with Crippen LogP contribution >= 0.6 is 0 Å². The molecule has 0 unspecified atom stereocenters. The maximum atomic E-state index is 11.0. The van der Waals surface area contributed by atoms with Crippen molar-refractivity contribution in [2.45, 2.75) is 25.7 Å². The molecular weight excluding hydrogens is 248 g/mol. The predicted molar refractivity (Wildman–Crippen MR) is 75.0 cm³/mol. The molecular formula is C12H20N4O3. The van der Waals surface area contributed by atoms with E-state index in [-0.39, 0.29) is 18.0 Å². The van der Waals surface area contributed by atoms with Crippen LogP contribution in [0.4, 0.5) is 17.1 Å². The summed E-state index contributed by atoms with van der Waals surface area (Å²) in [4.78, 5) is 10.6. The molecule has 0 radical (unpaired) electrons. The molecule has 0 fully saturated rings. The average Bonchev–Trinajstić information content (AvgIpc) is 2.42. The summed E-state index contributed by atoms with van der Waals surface area (Å²) in [7, 11) is 0. The molecule has 0 atom stereocenters. The molecule has 0 heterocycles. The normalized spacial score (nSPS) is 10.2. The maximum Gasteiger partial charge on any atom is 0.316 e. The Balaban J connectivity index is 2.55. The lowest BCUT2D eigenvalue weighted by molar-refractivity contribution is -0.383. The molecule has 0 aliphatic rings. The topological polar surface area (TPSA) is 113 Å². The first-order chi connectivity index (χ1) is 9.20. The second-order valence-corrected chi connectivity index (χ2v) is 4.17. The van der Waals surface area contributed by atoms with Crippen molar-refractivity contribution in [3.05, 3.63) is 28.3 Å². The van der Waals surface area contributed by atoms with Gasteiger partial charge in [0, 0.05) is 13.2 Å². The lowest BCUT2D eigenvalue weighted by Crippen LogP contribution is -2.11. The van der Waals surface area contributed by atoms with Crippen molar-refractivity contribution in [1.82, 2.24) is 0 Å². The van der Waals surface area contributed by atoms with E-state index in [1.807, 2.05) is 0 Å². The summed E-state index contributed by atoms with van der Waals surface area (Å²) >= 11 is 0. The van der Waals surface area contributed by atoms with Crippen molar-refractivity contribution < 1.29 is 10.0 Å². The van der Waals surface area contributed by atoms with Gasteiger partial charge in [-0.1, -0.05) is 18.9 Å². The fourth-order valence-electron chi connectivity index (χ4n) is 1.81. The summed E-state index contributed by atoms with van der Waals surface area (Å²) in [6.45, 7) is 0.864. The van der Waals surface area contributed by atoms with Gasteiger partial charge in [0.05, 0.1) is 4.92 Å². The zero-order valence-corrected chi connectivity index (χ0v) is 10.8. The summed E-state index contributed by atoms with van der Waals surface area (Å²) < 4.78 is 0. The molecule has 0 aliphatic carbocycles. The van der Waals surface area contributed by atoms with E-state index in [0.717, 1.165) is 25.7 Å². The lowest BCUT2D eigenvalue weighted by Gasteiger charge is -2.09. The number of hydrogen-bond acceptors (Lipinski definition) is 6. The minimum atomic E-state index is -0.455. The zero-order chi connectivity index (χ0) is 14.1. The molecule has 7 nitrogen and oxygen atoms in total. The molecule has 106 valence electrons. The highest BCUT2D eigenvalue weighted by molar-refractivity contribution is 5.75. The Morgan fingerprint density at radius 2 is 1.89 bits per heavy atom. The third-order valence-electron chi connectivity index (χ3n) is 2.77. The van der Waals surface area contributed by atoms with Crippen LogP contribution in [-0.4, -0.2) is 23.2 Å². The molecule has 0 spiro atoms. The van der Waals surface area contributed by atoms with E-state index >= 15 is 0 Å². The fraction of sp³-hybridized carbons (Fsp3) is 0.500. The zero-order valence-electron chi connectivity index (χ0n) is 10.8. The second kappa shape index (κ2) is 8.28. The first-order valence-electron chi connectivity index (χ1n) is 6.29. The third kappa shape index (κ3) is 4.72. The highest BCUT2D eigenvalue weighted by Gasteiger charge is 2.18. The number of rotatable bonds is 9. The standard InChI is InChI=1S/C12H20N4O3/c13-15-11-7-5-6-10(12(11)16(18)19)14-8-3-1-2-4-9-17/h5-7,14-15,17H,1-4,8-9,13H2. The van der Waals surface area contributed by atoms with E-state index in [0.29, 0.717) is 12.2 Å². The number of nitro groups is 1. The van der Waals surface area contributed by atoms with E-state index in [2.05, 4.69) is 10.7 Å². The first kappa shape index (κ1) is 15.2. The van der Waals surface area contributed by atoms with Gasteiger partial charge >= 0.3 is 5.69 Å². The second-order valence-electron chi connectivity index (χ2n) is 4.17. The van der Waals surface area contributed by atoms with Crippen molar-refractivity contribution in [3.63, 3.8) is 0 Å². The number of para-hydroxylation sites is 1. The molecule has 5 N–H and O–H groups in total. The van der Waals surface area contributed by atoms with Crippen LogP contribution in [0, 0.1) is 10.1 Å². The summed E-state index contributed by atoms with van der Waals surface area (Å²) in [5.41, 5.74) is 3.03. The largest absolute Gasteiger partial charge is 0.396 e. The van der Waals surface area contributed by atoms with Crippen LogP contribution in [-0.2, 0) is 0 Å². The number of anilines is 2. The molecule has 19 heavy (non-hydrogen) atoms. The molecule has 7 heteroatoms. The summed E-state index contributed by atoms with van der Waals surface area (Å²) in [5, 5.41) is 22.7. The number of benzene rings is 1. The molecule has 1 rings (SSSR count). The van der Waals surface area contributed by atoms with E-state index < -0.39 is 4.92 Å². The van der Waals surface area contributed by atoms with Crippen molar-refractivity contribution in [2.24, 2.45) is 5.84 Å². The molecule has 0 saturated heterocycles. The average molecular weight is 268 g/mol.